The molecule has 4 atom stereocenters. The second kappa shape index (κ2) is 12.0. The molecule has 0 saturated carbocycles. The number of thioether (sulfide) groups is 2. The summed E-state index contributed by atoms with van der Waals surface area (Å²) in [7, 11) is 0. The molecule has 2 heterocycles. The Labute approximate surface area is 188 Å². The minimum Gasteiger partial charge on any atom is -0.332 e. The van der Waals surface area contributed by atoms with Crippen LogP contribution in [0.5, 0.6) is 0 Å². The second-order valence-corrected chi connectivity index (χ2v) is 10.2. The lowest BCUT2D eigenvalue weighted by Gasteiger charge is -2.31. The van der Waals surface area contributed by atoms with Gasteiger partial charge in [-0.15, -0.1) is 23.5 Å². The smallest absolute Gasteiger partial charge is 0.223 e. The molecule has 6 nitrogen and oxygen atoms in total. The predicted octanol–water partition coefficient (Wildman–Crippen LogP) is 3.28. The highest BCUT2D eigenvalue weighted by Gasteiger charge is 2.26. The molecule has 0 radical (unpaired) electrons. The van der Waals surface area contributed by atoms with Crippen molar-refractivity contribution in [3.05, 3.63) is 35.4 Å². The number of nitrogens with one attached hydrogen (secondary N) is 4. The van der Waals surface area contributed by atoms with Gasteiger partial charge in [-0.05, 0) is 24.0 Å². The highest BCUT2D eigenvalue weighted by Crippen LogP contribution is 2.22. The minimum atomic E-state index is -0.0184. The molecule has 30 heavy (non-hydrogen) atoms. The lowest BCUT2D eigenvalue weighted by molar-refractivity contribution is -0.124. The third kappa shape index (κ3) is 7.48. The second-order valence-electron chi connectivity index (χ2n) is 8.05. The van der Waals surface area contributed by atoms with Crippen molar-refractivity contribution in [1.29, 1.82) is 0 Å². The first kappa shape index (κ1) is 23.4. The molecule has 8 heteroatoms. The summed E-state index contributed by atoms with van der Waals surface area (Å²) >= 11 is 3.45. The molecule has 0 spiro atoms. The summed E-state index contributed by atoms with van der Waals surface area (Å²) in [6, 6.07) is 9.19. The van der Waals surface area contributed by atoms with Crippen molar-refractivity contribution < 1.29 is 9.59 Å². The molecule has 1 aromatic carbocycles. The van der Waals surface area contributed by atoms with Crippen molar-refractivity contribution in [3.8, 4) is 0 Å². The fourth-order valence-electron chi connectivity index (χ4n) is 3.83. The first-order chi connectivity index (χ1) is 14.6. The Morgan fingerprint density at radius 2 is 1.17 bits per heavy atom. The molecule has 166 valence electrons. The molecule has 3 rings (SSSR count). The summed E-state index contributed by atoms with van der Waals surface area (Å²) in [5.74, 6) is 1.98. The standard InChI is InChI=1S/C22H34N4O2S2/c1-3-5-17-11-19(27)25-21(23-17)29-13-15-7-9-16(10-8-15)14-30-22-24-18(6-4-2)12-20(28)26-22/h7-10,17-18,21-24H,3-6,11-14H2,1-2H3,(H,25,27)(H,26,28). The monoisotopic (exact) mass is 450 g/mol. The molecule has 4 unspecified atom stereocenters. The Kier molecular flexibility index (Phi) is 9.36. The van der Waals surface area contributed by atoms with Crippen molar-refractivity contribution >= 4 is 35.3 Å². The van der Waals surface area contributed by atoms with E-state index in [0.717, 1.165) is 37.2 Å². The quantitative estimate of drug-likeness (QED) is 0.438. The van der Waals surface area contributed by atoms with Gasteiger partial charge in [0.25, 0.3) is 0 Å². The van der Waals surface area contributed by atoms with E-state index in [4.69, 9.17) is 0 Å². The van der Waals surface area contributed by atoms with Crippen LogP contribution < -0.4 is 21.3 Å². The zero-order valence-corrected chi connectivity index (χ0v) is 19.5. The van der Waals surface area contributed by atoms with Crippen LogP contribution in [-0.2, 0) is 21.1 Å². The van der Waals surface area contributed by atoms with E-state index >= 15 is 0 Å². The van der Waals surface area contributed by atoms with Crippen molar-refractivity contribution in [2.75, 3.05) is 0 Å². The minimum absolute atomic E-state index is 0.0184. The van der Waals surface area contributed by atoms with E-state index in [1.54, 1.807) is 23.5 Å². The van der Waals surface area contributed by atoms with Gasteiger partial charge in [0.2, 0.25) is 11.8 Å². The number of hydrogen-bond donors (Lipinski definition) is 4. The van der Waals surface area contributed by atoms with E-state index in [1.807, 2.05) is 0 Å². The summed E-state index contributed by atoms with van der Waals surface area (Å²) in [5, 5.41) is 13.1. The number of rotatable bonds is 10. The highest BCUT2D eigenvalue weighted by atomic mass is 32.2. The molecule has 0 bridgehead atoms. The van der Waals surface area contributed by atoms with Gasteiger partial charge in [0, 0.05) is 36.4 Å². The summed E-state index contributed by atoms with van der Waals surface area (Å²) < 4.78 is 0. The van der Waals surface area contributed by atoms with Crippen molar-refractivity contribution in [3.63, 3.8) is 0 Å². The van der Waals surface area contributed by atoms with Crippen LogP contribution in [0.4, 0.5) is 0 Å². The van der Waals surface area contributed by atoms with Gasteiger partial charge in [0.05, 0.1) is 0 Å². The van der Waals surface area contributed by atoms with Crippen LogP contribution in [0.15, 0.2) is 24.3 Å². The molecular formula is C22H34N4O2S2. The zero-order valence-electron chi connectivity index (χ0n) is 17.9. The van der Waals surface area contributed by atoms with Crippen LogP contribution in [-0.4, -0.2) is 34.9 Å². The summed E-state index contributed by atoms with van der Waals surface area (Å²) in [4.78, 5) is 23.8. The Balaban J connectivity index is 1.42. The Morgan fingerprint density at radius 1 is 0.767 bits per heavy atom. The molecule has 4 N–H and O–H groups in total. The maximum absolute atomic E-state index is 11.9. The maximum Gasteiger partial charge on any atom is 0.223 e. The van der Waals surface area contributed by atoms with Gasteiger partial charge < -0.3 is 10.6 Å². The largest absolute Gasteiger partial charge is 0.332 e. The summed E-state index contributed by atoms with van der Waals surface area (Å²) in [5.41, 5.74) is 2.45. The van der Waals surface area contributed by atoms with E-state index in [1.165, 1.54) is 11.1 Å². The van der Waals surface area contributed by atoms with Crippen molar-refractivity contribution in [1.82, 2.24) is 21.3 Å². The SMILES string of the molecule is CCCC1CC(=O)NC(SCc2ccc(CSC3NC(=O)CC(CCC)N3)cc2)N1. The number of hydrogen-bond acceptors (Lipinski definition) is 6. The number of carbonyl (C=O) groups excluding carboxylic acids is 2. The molecule has 0 aliphatic carbocycles. The Morgan fingerprint density at radius 3 is 1.53 bits per heavy atom. The number of amides is 2. The highest BCUT2D eigenvalue weighted by molar-refractivity contribution is 7.99. The average molecular weight is 451 g/mol. The molecule has 2 aliphatic heterocycles. The first-order valence-electron chi connectivity index (χ1n) is 11.0. The van der Waals surface area contributed by atoms with Crippen LogP contribution in [0, 0.1) is 0 Å². The fraction of sp³-hybridized carbons (Fsp3) is 0.636. The summed E-state index contributed by atoms with van der Waals surface area (Å²) in [6.07, 6.45) is 5.39. The molecule has 2 amide bonds. The molecule has 2 saturated heterocycles. The van der Waals surface area contributed by atoms with Crippen LogP contribution in [0.1, 0.15) is 63.5 Å². The van der Waals surface area contributed by atoms with Crippen LogP contribution in [0.25, 0.3) is 0 Å². The van der Waals surface area contributed by atoms with Crippen molar-refractivity contribution in [2.24, 2.45) is 0 Å². The average Bonchev–Trinajstić information content (AvgIpc) is 2.71. The van der Waals surface area contributed by atoms with E-state index < -0.39 is 0 Å². The Bertz CT molecular complexity index is 642. The third-order valence-electron chi connectivity index (χ3n) is 5.35. The van der Waals surface area contributed by atoms with E-state index in [2.05, 4.69) is 59.4 Å². The molecule has 0 aromatic heterocycles. The van der Waals surface area contributed by atoms with E-state index in [0.29, 0.717) is 12.8 Å². The number of benzene rings is 1. The van der Waals surface area contributed by atoms with Gasteiger partial charge in [0.1, 0.15) is 11.0 Å². The Hall–Kier alpha value is -1.22. The maximum atomic E-state index is 11.9. The lowest BCUT2D eigenvalue weighted by Crippen LogP contribution is -2.54. The normalized spacial score (nSPS) is 26.9. The van der Waals surface area contributed by atoms with Crippen LogP contribution in [0.3, 0.4) is 0 Å². The van der Waals surface area contributed by atoms with E-state index in [-0.39, 0.29) is 34.9 Å². The van der Waals surface area contributed by atoms with Gasteiger partial charge in [-0.2, -0.15) is 0 Å². The molecule has 2 aliphatic rings. The van der Waals surface area contributed by atoms with Gasteiger partial charge >= 0.3 is 0 Å². The van der Waals surface area contributed by atoms with E-state index in [9.17, 15) is 9.59 Å². The fourth-order valence-corrected chi connectivity index (χ4v) is 5.94. The zero-order chi connectivity index (χ0) is 21.3. The van der Waals surface area contributed by atoms with Gasteiger partial charge in [-0.1, -0.05) is 51.0 Å². The van der Waals surface area contributed by atoms with Crippen molar-refractivity contribution in [2.45, 2.75) is 87.0 Å². The van der Waals surface area contributed by atoms with Gasteiger partial charge in [-0.3, -0.25) is 20.2 Å². The molecule has 2 fully saturated rings. The van der Waals surface area contributed by atoms with Gasteiger partial charge in [-0.25, -0.2) is 0 Å². The molecular weight excluding hydrogens is 416 g/mol. The molecule has 1 aromatic rings. The first-order valence-corrected chi connectivity index (χ1v) is 13.1. The predicted molar refractivity (Wildman–Crippen MR) is 126 cm³/mol. The van der Waals surface area contributed by atoms with Gasteiger partial charge in [0.15, 0.2) is 0 Å². The topological polar surface area (TPSA) is 82.3 Å². The van der Waals surface area contributed by atoms with Crippen LogP contribution in [0.2, 0.25) is 0 Å². The third-order valence-corrected chi connectivity index (χ3v) is 7.53. The summed E-state index contributed by atoms with van der Waals surface area (Å²) in [6.45, 7) is 4.30. The number of carbonyl (C=O) groups is 2. The van der Waals surface area contributed by atoms with Crippen LogP contribution >= 0.6 is 23.5 Å². The lowest BCUT2D eigenvalue weighted by atomic mass is 10.1.